The standard InChI is InChI=1S/C15H19N5O.2ClH/c1-15(6-2-3-7-18-15)14(21)19-12-4-5-13(17-10-12)20-9-8-16-11-20;;/h4-5,8-11,18H,2-3,6-7H2,1H3,(H,19,21);2*1H. The third kappa shape index (κ3) is 4.43. The Bertz CT molecular complexity index is 609. The number of carbonyl (C=O) groups is 1. The van der Waals surface area contributed by atoms with Crippen LogP contribution >= 0.6 is 24.8 Å². The molecule has 2 aromatic heterocycles. The maximum absolute atomic E-state index is 12.4. The first kappa shape index (κ1) is 19.4. The zero-order chi connectivity index (χ0) is 14.7. The van der Waals surface area contributed by atoms with Gasteiger partial charge in [0.05, 0.1) is 17.4 Å². The number of nitrogens with one attached hydrogen (secondary N) is 2. The molecule has 0 spiro atoms. The summed E-state index contributed by atoms with van der Waals surface area (Å²) in [5.41, 5.74) is 0.221. The second kappa shape index (κ2) is 8.29. The van der Waals surface area contributed by atoms with Gasteiger partial charge in [0.2, 0.25) is 5.91 Å². The number of hydrogen-bond donors (Lipinski definition) is 2. The Morgan fingerprint density at radius 2 is 2.17 bits per heavy atom. The number of carbonyl (C=O) groups excluding carboxylic acids is 1. The first-order valence-electron chi connectivity index (χ1n) is 7.18. The summed E-state index contributed by atoms with van der Waals surface area (Å²) >= 11 is 0. The first-order valence-corrected chi connectivity index (χ1v) is 7.18. The van der Waals surface area contributed by atoms with Gasteiger partial charge in [0.15, 0.2) is 0 Å². The number of hydrogen-bond acceptors (Lipinski definition) is 4. The molecule has 1 saturated heterocycles. The highest BCUT2D eigenvalue weighted by molar-refractivity contribution is 5.97. The lowest BCUT2D eigenvalue weighted by molar-refractivity contribution is -0.122. The van der Waals surface area contributed by atoms with Crippen LogP contribution in [0.1, 0.15) is 26.2 Å². The third-order valence-electron chi connectivity index (χ3n) is 3.89. The number of nitrogens with zero attached hydrogens (tertiary/aromatic N) is 3. The van der Waals surface area contributed by atoms with Gasteiger partial charge < -0.3 is 10.6 Å². The fourth-order valence-electron chi connectivity index (χ4n) is 2.53. The van der Waals surface area contributed by atoms with E-state index < -0.39 is 5.54 Å². The minimum absolute atomic E-state index is 0. The Morgan fingerprint density at radius 3 is 2.74 bits per heavy atom. The van der Waals surface area contributed by atoms with Gasteiger partial charge in [-0.25, -0.2) is 9.97 Å². The molecule has 1 atom stereocenters. The van der Waals surface area contributed by atoms with Crippen molar-refractivity contribution in [1.82, 2.24) is 19.9 Å². The quantitative estimate of drug-likeness (QED) is 0.885. The summed E-state index contributed by atoms with van der Waals surface area (Å²) in [6.07, 6.45) is 9.95. The van der Waals surface area contributed by atoms with Crippen molar-refractivity contribution in [3.05, 3.63) is 37.1 Å². The highest BCUT2D eigenvalue weighted by Gasteiger charge is 2.34. The van der Waals surface area contributed by atoms with E-state index in [-0.39, 0.29) is 30.7 Å². The zero-order valence-corrected chi connectivity index (χ0v) is 14.5. The molecule has 0 radical (unpaired) electrons. The van der Waals surface area contributed by atoms with Gasteiger partial charge in [-0.2, -0.15) is 0 Å². The highest BCUT2D eigenvalue weighted by atomic mass is 35.5. The SMILES string of the molecule is CC1(C(=O)Nc2ccc(-n3ccnc3)nc2)CCCCN1.Cl.Cl. The first-order chi connectivity index (χ1) is 10.2. The number of imidazole rings is 1. The van der Waals surface area contributed by atoms with Gasteiger partial charge in [-0.1, -0.05) is 0 Å². The second-order valence-corrected chi connectivity index (χ2v) is 5.55. The molecule has 0 aliphatic carbocycles. The van der Waals surface area contributed by atoms with E-state index in [4.69, 9.17) is 0 Å². The lowest BCUT2D eigenvalue weighted by atomic mass is 9.90. The minimum Gasteiger partial charge on any atom is -0.323 e. The average molecular weight is 358 g/mol. The lowest BCUT2D eigenvalue weighted by Gasteiger charge is -2.33. The van der Waals surface area contributed by atoms with E-state index in [1.54, 1.807) is 18.7 Å². The fourth-order valence-corrected chi connectivity index (χ4v) is 2.53. The van der Waals surface area contributed by atoms with E-state index in [9.17, 15) is 4.79 Å². The van der Waals surface area contributed by atoms with Crippen molar-refractivity contribution < 1.29 is 4.79 Å². The van der Waals surface area contributed by atoms with Gasteiger partial charge in [0.1, 0.15) is 12.1 Å². The van der Waals surface area contributed by atoms with Crippen molar-refractivity contribution >= 4 is 36.4 Å². The predicted molar refractivity (Wildman–Crippen MR) is 94.7 cm³/mol. The van der Waals surface area contributed by atoms with E-state index in [0.29, 0.717) is 5.69 Å². The minimum atomic E-state index is -0.485. The van der Waals surface area contributed by atoms with Crippen molar-refractivity contribution in [2.45, 2.75) is 31.7 Å². The van der Waals surface area contributed by atoms with Gasteiger partial charge >= 0.3 is 0 Å². The third-order valence-corrected chi connectivity index (χ3v) is 3.89. The normalized spacial score (nSPS) is 20.0. The summed E-state index contributed by atoms with van der Waals surface area (Å²) < 4.78 is 1.82. The van der Waals surface area contributed by atoms with Gasteiger partial charge in [-0.3, -0.25) is 9.36 Å². The monoisotopic (exact) mass is 357 g/mol. The molecule has 0 saturated carbocycles. The molecule has 23 heavy (non-hydrogen) atoms. The van der Waals surface area contributed by atoms with Crippen molar-refractivity contribution in [2.75, 3.05) is 11.9 Å². The number of aromatic nitrogens is 3. The molecular formula is C15H21Cl2N5O. The van der Waals surface area contributed by atoms with Crippen LogP contribution in [0.2, 0.25) is 0 Å². The molecule has 1 amide bonds. The number of halogens is 2. The summed E-state index contributed by atoms with van der Waals surface area (Å²) in [6.45, 7) is 2.84. The number of rotatable bonds is 3. The molecule has 8 heteroatoms. The van der Waals surface area contributed by atoms with Crippen molar-refractivity contribution in [3.8, 4) is 5.82 Å². The summed E-state index contributed by atoms with van der Waals surface area (Å²) in [5.74, 6) is 0.770. The fraction of sp³-hybridized carbons (Fsp3) is 0.400. The van der Waals surface area contributed by atoms with E-state index in [2.05, 4.69) is 20.6 Å². The van der Waals surface area contributed by atoms with Crippen molar-refractivity contribution in [3.63, 3.8) is 0 Å². The molecule has 1 fully saturated rings. The molecule has 6 nitrogen and oxygen atoms in total. The smallest absolute Gasteiger partial charge is 0.244 e. The van der Waals surface area contributed by atoms with Gasteiger partial charge in [-0.05, 0) is 44.9 Å². The molecule has 1 unspecified atom stereocenters. The molecule has 2 aromatic rings. The zero-order valence-electron chi connectivity index (χ0n) is 12.9. The topological polar surface area (TPSA) is 71.8 Å². The molecule has 126 valence electrons. The molecule has 0 aromatic carbocycles. The summed E-state index contributed by atoms with van der Waals surface area (Å²) in [6, 6.07) is 3.71. The number of piperidine rings is 1. The maximum atomic E-state index is 12.4. The molecule has 3 heterocycles. The average Bonchev–Trinajstić information content (AvgIpc) is 3.03. The van der Waals surface area contributed by atoms with Gasteiger partial charge in [0.25, 0.3) is 0 Å². The van der Waals surface area contributed by atoms with Crippen LogP contribution in [-0.4, -0.2) is 32.5 Å². The second-order valence-electron chi connectivity index (χ2n) is 5.55. The van der Waals surface area contributed by atoms with Gasteiger partial charge in [0, 0.05) is 12.4 Å². The van der Waals surface area contributed by atoms with E-state index in [1.165, 1.54) is 0 Å². The van der Waals surface area contributed by atoms with Crippen LogP contribution in [0.15, 0.2) is 37.1 Å². The molecule has 3 rings (SSSR count). The number of anilines is 1. The molecule has 0 bridgehead atoms. The summed E-state index contributed by atoms with van der Waals surface area (Å²) in [7, 11) is 0. The van der Waals surface area contributed by atoms with Crippen molar-refractivity contribution in [1.29, 1.82) is 0 Å². The van der Waals surface area contributed by atoms with E-state index >= 15 is 0 Å². The molecule has 1 aliphatic rings. The van der Waals surface area contributed by atoms with Crippen LogP contribution in [0.5, 0.6) is 0 Å². The Morgan fingerprint density at radius 1 is 1.35 bits per heavy atom. The Kier molecular flexibility index (Phi) is 7.00. The largest absolute Gasteiger partial charge is 0.323 e. The van der Waals surface area contributed by atoms with Crippen LogP contribution in [0, 0.1) is 0 Å². The van der Waals surface area contributed by atoms with Gasteiger partial charge in [-0.15, -0.1) is 24.8 Å². The lowest BCUT2D eigenvalue weighted by Crippen LogP contribution is -2.54. The Balaban J connectivity index is 0.00000132. The van der Waals surface area contributed by atoms with Crippen LogP contribution in [0.25, 0.3) is 5.82 Å². The summed E-state index contributed by atoms with van der Waals surface area (Å²) in [5, 5.41) is 6.24. The predicted octanol–water partition coefficient (Wildman–Crippen LogP) is 2.58. The van der Waals surface area contributed by atoms with E-state index in [0.717, 1.165) is 31.6 Å². The van der Waals surface area contributed by atoms with Crippen LogP contribution in [0.3, 0.4) is 0 Å². The number of pyridine rings is 1. The molecule has 1 aliphatic heterocycles. The van der Waals surface area contributed by atoms with E-state index in [1.807, 2.05) is 29.8 Å². The van der Waals surface area contributed by atoms with Crippen LogP contribution < -0.4 is 10.6 Å². The Labute approximate surface area is 147 Å². The summed E-state index contributed by atoms with van der Waals surface area (Å²) in [4.78, 5) is 20.7. The maximum Gasteiger partial charge on any atom is 0.244 e. The molecular weight excluding hydrogens is 337 g/mol. The number of amides is 1. The van der Waals surface area contributed by atoms with Crippen LogP contribution in [0.4, 0.5) is 5.69 Å². The highest BCUT2D eigenvalue weighted by Crippen LogP contribution is 2.21. The van der Waals surface area contributed by atoms with Crippen molar-refractivity contribution in [2.24, 2.45) is 0 Å². The molecule has 2 N–H and O–H groups in total. The van der Waals surface area contributed by atoms with Crippen LogP contribution in [-0.2, 0) is 4.79 Å². The Hall–Kier alpha value is -1.63.